The SMILES string of the molecule is CC1(C)c2ccccc2-c2ccc(-c3cccc(-c4nc(-c5ccccc5)nc(-c5cccc6c5sc5c(-c7ccccc7)cccc56)n4)c3)cc21. The minimum absolute atomic E-state index is 0.0667. The first kappa shape index (κ1) is 30.6. The van der Waals surface area contributed by atoms with E-state index in [0.717, 1.165) is 22.3 Å². The average Bonchev–Trinajstić information content (AvgIpc) is 3.70. The number of benzene rings is 7. The monoisotopic (exact) mass is 683 g/mol. The molecule has 0 aliphatic heterocycles. The molecule has 2 aromatic heterocycles. The van der Waals surface area contributed by atoms with E-state index >= 15 is 0 Å². The van der Waals surface area contributed by atoms with Gasteiger partial charge in [-0.3, -0.25) is 0 Å². The zero-order valence-electron chi connectivity index (χ0n) is 28.8. The van der Waals surface area contributed by atoms with Crippen LogP contribution >= 0.6 is 11.3 Å². The molecule has 0 saturated heterocycles. The smallest absolute Gasteiger partial charge is 0.165 e. The van der Waals surface area contributed by atoms with Gasteiger partial charge in [-0.1, -0.05) is 159 Å². The van der Waals surface area contributed by atoms with E-state index in [1.165, 1.54) is 59.1 Å². The number of hydrogen-bond acceptors (Lipinski definition) is 4. The quantitative estimate of drug-likeness (QED) is 0.181. The molecule has 246 valence electrons. The van der Waals surface area contributed by atoms with Crippen LogP contribution in [0.2, 0.25) is 0 Å². The molecule has 0 spiro atoms. The van der Waals surface area contributed by atoms with Crippen LogP contribution in [0.3, 0.4) is 0 Å². The molecule has 0 atom stereocenters. The second-order valence-electron chi connectivity index (χ2n) is 14.0. The van der Waals surface area contributed by atoms with E-state index in [9.17, 15) is 0 Å². The molecular weight excluding hydrogens is 651 g/mol. The largest absolute Gasteiger partial charge is 0.208 e. The van der Waals surface area contributed by atoms with Gasteiger partial charge in [-0.15, -0.1) is 11.3 Å². The minimum atomic E-state index is -0.0667. The number of thiophene rings is 1. The molecule has 0 amide bonds. The molecule has 1 aliphatic carbocycles. The second kappa shape index (κ2) is 11.9. The highest BCUT2D eigenvalue weighted by atomic mass is 32.1. The minimum Gasteiger partial charge on any atom is -0.208 e. The Balaban J connectivity index is 1.12. The fraction of sp³-hybridized carbons (Fsp3) is 0.0625. The van der Waals surface area contributed by atoms with E-state index in [-0.39, 0.29) is 5.41 Å². The third-order valence-electron chi connectivity index (χ3n) is 10.6. The molecular formula is C48H33N3S. The summed E-state index contributed by atoms with van der Waals surface area (Å²) in [6.07, 6.45) is 0. The fourth-order valence-corrected chi connectivity index (χ4v) is 9.25. The first-order valence-corrected chi connectivity index (χ1v) is 18.5. The molecule has 0 radical (unpaired) electrons. The van der Waals surface area contributed by atoms with Crippen LogP contribution in [0.1, 0.15) is 25.0 Å². The third kappa shape index (κ3) is 4.90. The molecule has 7 aromatic carbocycles. The second-order valence-corrected chi connectivity index (χ2v) is 15.0. The molecule has 52 heavy (non-hydrogen) atoms. The molecule has 0 saturated carbocycles. The maximum atomic E-state index is 5.23. The molecule has 3 nitrogen and oxygen atoms in total. The molecule has 0 fully saturated rings. The molecule has 4 heteroatoms. The molecule has 1 aliphatic rings. The predicted octanol–water partition coefficient (Wildman–Crippen LogP) is 12.9. The van der Waals surface area contributed by atoms with Gasteiger partial charge in [0, 0.05) is 42.3 Å². The van der Waals surface area contributed by atoms with Crippen molar-refractivity contribution in [3.05, 3.63) is 175 Å². The number of aromatic nitrogens is 3. The van der Waals surface area contributed by atoms with Gasteiger partial charge in [0.05, 0.1) is 0 Å². The van der Waals surface area contributed by atoms with Gasteiger partial charge in [-0.25, -0.2) is 15.0 Å². The first-order chi connectivity index (χ1) is 25.5. The molecule has 2 heterocycles. The summed E-state index contributed by atoms with van der Waals surface area (Å²) in [5.41, 5.74) is 13.0. The van der Waals surface area contributed by atoms with E-state index in [0.29, 0.717) is 17.5 Å². The van der Waals surface area contributed by atoms with Crippen LogP contribution in [-0.2, 0) is 5.41 Å². The van der Waals surface area contributed by atoms with Crippen LogP contribution in [0.5, 0.6) is 0 Å². The van der Waals surface area contributed by atoms with Gasteiger partial charge in [-0.2, -0.15) is 0 Å². The summed E-state index contributed by atoms with van der Waals surface area (Å²) in [5, 5.41) is 2.45. The van der Waals surface area contributed by atoms with Crippen molar-refractivity contribution < 1.29 is 0 Å². The topological polar surface area (TPSA) is 38.7 Å². The number of nitrogens with zero attached hydrogens (tertiary/aromatic N) is 3. The Bertz CT molecular complexity index is 2820. The van der Waals surface area contributed by atoms with Gasteiger partial charge in [0.2, 0.25) is 0 Å². The van der Waals surface area contributed by atoms with Crippen molar-refractivity contribution in [3.63, 3.8) is 0 Å². The molecule has 0 unspecified atom stereocenters. The Morgan fingerprint density at radius 3 is 1.65 bits per heavy atom. The zero-order valence-corrected chi connectivity index (χ0v) is 29.7. The van der Waals surface area contributed by atoms with Crippen LogP contribution in [0.25, 0.3) is 87.7 Å². The van der Waals surface area contributed by atoms with Crippen molar-refractivity contribution in [3.8, 4) is 67.5 Å². The summed E-state index contributed by atoms with van der Waals surface area (Å²) in [6, 6.07) is 58.2. The van der Waals surface area contributed by atoms with Crippen LogP contribution in [-0.4, -0.2) is 15.0 Å². The lowest BCUT2D eigenvalue weighted by atomic mass is 9.81. The maximum Gasteiger partial charge on any atom is 0.165 e. The molecule has 0 bridgehead atoms. The van der Waals surface area contributed by atoms with Gasteiger partial charge < -0.3 is 0 Å². The Hall–Kier alpha value is -6.23. The van der Waals surface area contributed by atoms with Gasteiger partial charge in [-0.05, 0) is 62.7 Å². The van der Waals surface area contributed by atoms with E-state index in [4.69, 9.17) is 15.0 Å². The van der Waals surface area contributed by atoms with Crippen molar-refractivity contribution in [2.45, 2.75) is 19.3 Å². The summed E-state index contributed by atoms with van der Waals surface area (Å²) >= 11 is 1.81. The third-order valence-corrected chi connectivity index (χ3v) is 11.8. The standard InChI is InChI=1S/C48H33N3S/c1-48(2)41-25-10-9-20-36(41)37-27-26-33(29-42(37)48)32-18-11-19-34(28-32)46-49-45(31-16-7-4-8-17-31)50-47(51-46)40-24-13-23-39-38-22-12-21-35(43(38)52-44(39)40)30-14-5-3-6-15-30/h3-29H,1-2H3. The molecule has 10 rings (SSSR count). The van der Waals surface area contributed by atoms with Crippen molar-refractivity contribution in [1.82, 2.24) is 15.0 Å². The Morgan fingerprint density at radius 1 is 0.365 bits per heavy atom. The van der Waals surface area contributed by atoms with Crippen molar-refractivity contribution >= 4 is 31.5 Å². The van der Waals surface area contributed by atoms with Gasteiger partial charge in [0.15, 0.2) is 17.5 Å². The van der Waals surface area contributed by atoms with Crippen molar-refractivity contribution in [1.29, 1.82) is 0 Å². The number of hydrogen-bond donors (Lipinski definition) is 0. The lowest BCUT2D eigenvalue weighted by Crippen LogP contribution is -2.14. The highest BCUT2D eigenvalue weighted by molar-refractivity contribution is 7.26. The van der Waals surface area contributed by atoms with Crippen LogP contribution in [0.4, 0.5) is 0 Å². The molecule has 9 aromatic rings. The lowest BCUT2D eigenvalue weighted by molar-refractivity contribution is 0.660. The summed E-state index contributed by atoms with van der Waals surface area (Å²) in [6.45, 7) is 4.66. The van der Waals surface area contributed by atoms with Gasteiger partial charge >= 0.3 is 0 Å². The van der Waals surface area contributed by atoms with Crippen molar-refractivity contribution in [2.24, 2.45) is 0 Å². The summed E-state index contributed by atoms with van der Waals surface area (Å²) in [5.74, 6) is 1.98. The van der Waals surface area contributed by atoms with Gasteiger partial charge in [0.25, 0.3) is 0 Å². The highest BCUT2D eigenvalue weighted by Crippen LogP contribution is 2.50. The van der Waals surface area contributed by atoms with Crippen molar-refractivity contribution in [2.75, 3.05) is 0 Å². The average molecular weight is 684 g/mol. The zero-order chi connectivity index (χ0) is 34.8. The number of fused-ring (bicyclic) bond motifs is 6. The van der Waals surface area contributed by atoms with E-state index in [1.807, 2.05) is 29.5 Å². The Morgan fingerprint density at radius 2 is 0.885 bits per heavy atom. The Labute approximate surface area is 307 Å². The highest BCUT2D eigenvalue weighted by Gasteiger charge is 2.35. The maximum absolute atomic E-state index is 5.23. The summed E-state index contributed by atoms with van der Waals surface area (Å²) in [7, 11) is 0. The fourth-order valence-electron chi connectivity index (χ4n) is 7.90. The van der Waals surface area contributed by atoms with Crippen LogP contribution < -0.4 is 0 Å². The van der Waals surface area contributed by atoms with Crippen LogP contribution in [0, 0.1) is 0 Å². The predicted molar refractivity (Wildman–Crippen MR) is 217 cm³/mol. The van der Waals surface area contributed by atoms with E-state index in [1.54, 1.807) is 0 Å². The van der Waals surface area contributed by atoms with Gasteiger partial charge in [0.1, 0.15) is 0 Å². The van der Waals surface area contributed by atoms with E-state index in [2.05, 4.69) is 159 Å². The first-order valence-electron chi connectivity index (χ1n) is 17.7. The van der Waals surface area contributed by atoms with E-state index < -0.39 is 0 Å². The lowest BCUT2D eigenvalue weighted by Gasteiger charge is -2.22. The summed E-state index contributed by atoms with van der Waals surface area (Å²) < 4.78 is 2.44. The number of rotatable bonds is 5. The normalized spacial score (nSPS) is 13.0. The summed E-state index contributed by atoms with van der Waals surface area (Å²) in [4.78, 5) is 15.5. The molecule has 0 N–H and O–H groups in total. The Kier molecular flexibility index (Phi) is 7.02. The van der Waals surface area contributed by atoms with Crippen LogP contribution in [0.15, 0.2) is 164 Å².